The number of nitrogens with zero attached hydrogens (tertiary/aromatic N) is 2. The molecule has 0 saturated heterocycles. The second-order valence-corrected chi connectivity index (χ2v) is 4.45. The molecule has 0 spiro atoms. The highest BCUT2D eigenvalue weighted by atomic mass is 79.9. The molecular weight excluding hydrogens is 302 g/mol. The van der Waals surface area contributed by atoms with Crippen LogP contribution in [0, 0.1) is 0 Å². The molecule has 0 bridgehead atoms. The van der Waals surface area contributed by atoms with Gasteiger partial charge < -0.3 is 10.4 Å². The van der Waals surface area contributed by atoms with Crippen molar-refractivity contribution < 1.29 is 14.7 Å². The summed E-state index contributed by atoms with van der Waals surface area (Å²) < 4.78 is 1.03. The highest BCUT2D eigenvalue weighted by Gasteiger charge is 2.08. The van der Waals surface area contributed by atoms with Gasteiger partial charge in [-0.3, -0.25) is 4.79 Å². The van der Waals surface area contributed by atoms with E-state index in [9.17, 15) is 9.59 Å². The number of carbonyl (C=O) groups is 2. The van der Waals surface area contributed by atoms with Crippen LogP contribution in [0.5, 0.6) is 0 Å². The van der Waals surface area contributed by atoms with E-state index < -0.39 is 6.09 Å². The van der Waals surface area contributed by atoms with Gasteiger partial charge in [0, 0.05) is 17.3 Å². The van der Waals surface area contributed by atoms with Crippen LogP contribution in [0.2, 0.25) is 0 Å². The van der Waals surface area contributed by atoms with Gasteiger partial charge >= 0.3 is 6.09 Å². The number of rotatable bonds is 2. The normalized spacial score (nSPS) is 10.3. The Morgan fingerprint density at radius 1 is 1.44 bits per heavy atom. The van der Waals surface area contributed by atoms with Crippen molar-refractivity contribution in [3.63, 3.8) is 0 Å². The van der Waals surface area contributed by atoms with Gasteiger partial charge in [0.2, 0.25) is 0 Å². The van der Waals surface area contributed by atoms with Gasteiger partial charge in [0.1, 0.15) is 0 Å². The van der Waals surface area contributed by atoms with E-state index in [1.54, 1.807) is 18.2 Å². The van der Waals surface area contributed by atoms with E-state index in [4.69, 9.17) is 5.11 Å². The lowest BCUT2D eigenvalue weighted by molar-refractivity contribution is -0.112. The van der Waals surface area contributed by atoms with E-state index in [1.165, 1.54) is 6.20 Å². The highest BCUT2D eigenvalue weighted by molar-refractivity contribution is 9.12. The first-order valence-electron chi connectivity index (χ1n) is 4.86. The second kappa shape index (κ2) is 4.61. The highest BCUT2D eigenvalue weighted by Crippen LogP contribution is 2.18. The molecule has 1 amide bonds. The molecule has 0 fully saturated rings. The molecule has 0 saturated carbocycles. The molecule has 0 unspecified atom stereocenters. The van der Waals surface area contributed by atoms with Gasteiger partial charge in [-0.2, -0.15) is 9.78 Å². The number of hydrogen-bond acceptors (Lipinski definition) is 3. The number of fused-ring (bicyclic) bond motifs is 1. The molecule has 1 aromatic carbocycles. The van der Waals surface area contributed by atoms with E-state index in [2.05, 4.69) is 32.9 Å². The first kappa shape index (κ1) is 12.3. The van der Waals surface area contributed by atoms with Gasteiger partial charge in [-0.15, -0.1) is 0 Å². The molecular formula is C11H8BrN3O3. The van der Waals surface area contributed by atoms with Crippen LogP contribution in [0.15, 0.2) is 35.5 Å². The van der Waals surface area contributed by atoms with Gasteiger partial charge in [-0.05, 0) is 34.1 Å². The molecule has 92 valence electrons. The van der Waals surface area contributed by atoms with Crippen LogP contribution >= 0.6 is 15.9 Å². The van der Waals surface area contributed by atoms with Crippen molar-refractivity contribution in [1.29, 1.82) is 0 Å². The van der Waals surface area contributed by atoms with Crippen molar-refractivity contribution in [2.24, 2.45) is 0 Å². The van der Waals surface area contributed by atoms with Crippen LogP contribution in [0.25, 0.3) is 10.9 Å². The Bertz CT molecular complexity index is 663. The van der Waals surface area contributed by atoms with Gasteiger partial charge in [-0.1, -0.05) is 6.58 Å². The molecule has 18 heavy (non-hydrogen) atoms. The summed E-state index contributed by atoms with van der Waals surface area (Å²) in [6.45, 7) is 3.45. The topological polar surface area (TPSA) is 84.2 Å². The van der Waals surface area contributed by atoms with Crippen molar-refractivity contribution >= 4 is 44.5 Å². The lowest BCUT2D eigenvalue weighted by Gasteiger charge is -2.02. The van der Waals surface area contributed by atoms with Gasteiger partial charge in [0.05, 0.1) is 10.00 Å². The summed E-state index contributed by atoms with van der Waals surface area (Å²) in [5.41, 5.74) is 1.08. The number of carbonyl (C=O) groups excluding carboxylic acids is 1. The van der Waals surface area contributed by atoms with Crippen molar-refractivity contribution in [2.75, 3.05) is 5.32 Å². The summed E-state index contributed by atoms with van der Waals surface area (Å²) in [5, 5.41) is 15.9. The molecule has 1 heterocycles. The van der Waals surface area contributed by atoms with E-state index in [0.29, 0.717) is 16.6 Å². The minimum Gasteiger partial charge on any atom is -0.463 e. The number of amides is 1. The van der Waals surface area contributed by atoms with Crippen molar-refractivity contribution in [2.45, 2.75) is 0 Å². The zero-order chi connectivity index (χ0) is 13.3. The number of anilines is 1. The lowest BCUT2D eigenvalue weighted by Crippen LogP contribution is -2.10. The maximum absolute atomic E-state index is 11.4. The number of aromatic nitrogens is 2. The Labute approximate surface area is 110 Å². The zero-order valence-electron chi connectivity index (χ0n) is 9.05. The summed E-state index contributed by atoms with van der Waals surface area (Å²) in [7, 11) is 0. The molecule has 6 nitrogen and oxygen atoms in total. The quantitative estimate of drug-likeness (QED) is 0.834. The van der Waals surface area contributed by atoms with Gasteiger partial charge in [0.15, 0.2) is 0 Å². The molecule has 0 aliphatic carbocycles. The Morgan fingerprint density at radius 3 is 2.78 bits per heavy atom. The first-order chi connectivity index (χ1) is 8.47. The summed E-state index contributed by atoms with van der Waals surface area (Å²) in [5.74, 6) is -0.361. The average molecular weight is 310 g/mol. The fourth-order valence-electron chi connectivity index (χ4n) is 1.40. The Hall–Kier alpha value is -2.15. The van der Waals surface area contributed by atoms with Crippen LogP contribution in [-0.2, 0) is 4.79 Å². The van der Waals surface area contributed by atoms with Crippen LogP contribution in [-0.4, -0.2) is 26.9 Å². The van der Waals surface area contributed by atoms with Crippen molar-refractivity contribution in [3.8, 4) is 0 Å². The van der Waals surface area contributed by atoms with Crippen LogP contribution in [0.1, 0.15) is 0 Å². The fourth-order valence-corrected chi connectivity index (χ4v) is 1.50. The third-order valence-electron chi connectivity index (χ3n) is 2.20. The fraction of sp³-hybridized carbons (Fsp3) is 0. The van der Waals surface area contributed by atoms with E-state index in [1.807, 2.05) is 0 Å². The van der Waals surface area contributed by atoms with Gasteiger partial charge in [-0.25, -0.2) is 4.79 Å². The van der Waals surface area contributed by atoms with E-state index in [-0.39, 0.29) is 10.4 Å². The first-order valence-corrected chi connectivity index (χ1v) is 5.65. The van der Waals surface area contributed by atoms with E-state index in [0.717, 1.165) is 4.68 Å². The predicted molar refractivity (Wildman–Crippen MR) is 69.9 cm³/mol. The Kier molecular flexibility index (Phi) is 3.15. The second-order valence-electron chi connectivity index (χ2n) is 3.49. The minimum absolute atomic E-state index is 0.212. The molecule has 0 aliphatic rings. The van der Waals surface area contributed by atoms with Crippen LogP contribution in [0.3, 0.4) is 0 Å². The molecule has 2 rings (SSSR count). The minimum atomic E-state index is -1.16. The van der Waals surface area contributed by atoms with Crippen LogP contribution < -0.4 is 5.32 Å². The Balaban J connectivity index is 2.35. The molecule has 0 atom stereocenters. The summed E-state index contributed by atoms with van der Waals surface area (Å²) >= 11 is 2.97. The molecule has 0 radical (unpaired) electrons. The largest absolute Gasteiger partial charge is 0.463 e. The summed E-state index contributed by atoms with van der Waals surface area (Å²) in [4.78, 5) is 22.1. The van der Waals surface area contributed by atoms with Crippen molar-refractivity contribution in [1.82, 2.24) is 9.78 Å². The average Bonchev–Trinajstić information content (AvgIpc) is 2.71. The molecule has 1 aromatic heterocycles. The van der Waals surface area contributed by atoms with E-state index >= 15 is 0 Å². The standard InChI is InChI=1S/C11H8BrN3O3/c1-6(12)10(16)13-8-2-3-9-7(4-8)5-15(14-9)11(17)18/h2-5H,1H2,(H,13,16)(H,17,18). The number of carboxylic acid groups (broad SMARTS) is 1. The van der Waals surface area contributed by atoms with Gasteiger partial charge in [0.25, 0.3) is 5.91 Å². The Morgan fingerprint density at radius 2 is 2.17 bits per heavy atom. The number of benzene rings is 1. The van der Waals surface area contributed by atoms with Crippen molar-refractivity contribution in [3.05, 3.63) is 35.5 Å². The third-order valence-corrected chi connectivity index (χ3v) is 2.56. The summed E-state index contributed by atoms with van der Waals surface area (Å²) in [6.07, 6.45) is 0.210. The SMILES string of the molecule is C=C(Br)C(=O)Nc1ccc2nn(C(=O)O)cc2c1. The van der Waals surface area contributed by atoms with Crippen LogP contribution in [0.4, 0.5) is 10.5 Å². The lowest BCUT2D eigenvalue weighted by atomic mass is 10.2. The summed E-state index contributed by atoms with van der Waals surface area (Å²) in [6, 6.07) is 4.90. The predicted octanol–water partition coefficient (Wildman–Crippen LogP) is 2.41. The maximum atomic E-state index is 11.4. The molecule has 2 N–H and O–H groups in total. The molecule has 2 aromatic rings. The number of hydrogen-bond donors (Lipinski definition) is 2. The zero-order valence-corrected chi connectivity index (χ0v) is 10.6. The number of halogens is 1. The molecule has 0 aliphatic heterocycles. The number of nitrogens with one attached hydrogen (secondary N) is 1. The molecule has 7 heteroatoms. The third kappa shape index (κ3) is 2.40. The smallest absolute Gasteiger partial charge is 0.432 e. The monoisotopic (exact) mass is 309 g/mol. The maximum Gasteiger partial charge on any atom is 0.432 e.